The fourth-order valence-electron chi connectivity index (χ4n) is 7.58. The highest BCUT2D eigenvalue weighted by atomic mass is 35.5. The van der Waals surface area contributed by atoms with E-state index >= 15 is 0 Å². The predicted molar refractivity (Wildman–Crippen MR) is 152 cm³/mol. The molecule has 4 heterocycles. The molecule has 3 aliphatic heterocycles. The van der Waals surface area contributed by atoms with Crippen molar-refractivity contribution < 1.29 is 33.4 Å². The summed E-state index contributed by atoms with van der Waals surface area (Å²) in [5, 5.41) is 9.64. The van der Waals surface area contributed by atoms with Crippen LogP contribution in [0.2, 0.25) is 0 Å². The summed E-state index contributed by atoms with van der Waals surface area (Å²) in [6, 6.07) is 10.5. The number of amides is 4. The second-order valence-corrected chi connectivity index (χ2v) is 12.8. The van der Waals surface area contributed by atoms with Crippen molar-refractivity contribution in [3.63, 3.8) is 0 Å². The summed E-state index contributed by atoms with van der Waals surface area (Å²) in [6.07, 6.45) is 2.02. The summed E-state index contributed by atoms with van der Waals surface area (Å²) >= 11 is 14.2. The lowest BCUT2D eigenvalue weighted by atomic mass is 9.57. The maximum Gasteiger partial charge on any atom is 0.253 e. The van der Waals surface area contributed by atoms with Crippen LogP contribution in [0.5, 0.6) is 0 Å². The monoisotopic (exact) mass is 613 g/mol. The first kappa shape index (κ1) is 27.6. The molecular weight excluding hydrogens is 585 g/mol. The Morgan fingerprint density at radius 3 is 2.29 bits per heavy atom. The van der Waals surface area contributed by atoms with Crippen LogP contribution in [0.15, 0.2) is 52.5 Å². The number of alkyl halides is 2. The zero-order valence-electron chi connectivity index (χ0n) is 22.8. The van der Waals surface area contributed by atoms with E-state index in [-0.39, 0.29) is 42.8 Å². The van der Waals surface area contributed by atoms with E-state index in [1.54, 1.807) is 24.3 Å². The average Bonchev–Trinajstić information content (AvgIpc) is 3.62. The quantitative estimate of drug-likeness (QED) is 0.317. The van der Waals surface area contributed by atoms with E-state index in [0.29, 0.717) is 24.5 Å². The highest BCUT2D eigenvalue weighted by molar-refractivity contribution is 6.53. The first-order chi connectivity index (χ1) is 20.1. The number of halogens is 2. The van der Waals surface area contributed by atoms with Gasteiger partial charge in [-0.15, -0.1) is 23.2 Å². The molecule has 1 N–H and O–H groups in total. The van der Waals surface area contributed by atoms with E-state index in [9.17, 15) is 24.3 Å². The lowest BCUT2D eigenvalue weighted by molar-refractivity contribution is -0.138. The first-order valence-electron chi connectivity index (χ1n) is 14.0. The standard InChI is InChI=1S/C30H29Cl2N3O7/c1-33-27(39)29(31)14-21-19(24(30(29,32)28(33)40)22-9-6-18(15-36)42-22)7-8-20-23(21)26(38)35(25(20)37)17-4-2-16(3-5-17)34-10-12-41-13-11-34/h2-7,9,20-21,23-24,36H,8,10-15H2,1H3/t20-,21+,23-,24+,29+,30-/m0/s1. The molecule has 0 unspecified atom stereocenters. The van der Waals surface area contributed by atoms with Crippen molar-refractivity contribution in [3.05, 3.63) is 59.6 Å². The van der Waals surface area contributed by atoms with Gasteiger partial charge in [-0.3, -0.25) is 29.0 Å². The minimum atomic E-state index is -1.92. The lowest BCUT2D eigenvalue weighted by Crippen LogP contribution is -2.60. The zero-order valence-corrected chi connectivity index (χ0v) is 24.3. The number of nitrogens with zero attached hydrogens (tertiary/aromatic N) is 3. The molecule has 2 aliphatic carbocycles. The number of furan rings is 1. The number of benzene rings is 1. The van der Waals surface area contributed by atoms with Gasteiger partial charge in [0.05, 0.1) is 36.7 Å². The van der Waals surface area contributed by atoms with Gasteiger partial charge in [-0.05, 0) is 55.2 Å². The fraction of sp³-hybridized carbons (Fsp3) is 0.467. The molecule has 4 fully saturated rings. The number of morpholine rings is 1. The number of imide groups is 2. The van der Waals surface area contributed by atoms with Gasteiger partial charge in [0, 0.05) is 25.8 Å². The number of carbonyl (C=O) groups excluding carboxylic acids is 4. The van der Waals surface area contributed by atoms with Gasteiger partial charge < -0.3 is 19.2 Å². The van der Waals surface area contributed by atoms with Crippen LogP contribution in [-0.2, 0) is 30.5 Å². The Labute approximate surface area is 251 Å². The number of fused-ring (bicyclic) bond motifs is 4. The van der Waals surface area contributed by atoms with E-state index in [4.69, 9.17) is 32.4 Å². The molecule has 0 spiro atoms. The number of carbonyl (C=O) groups is 4. The Morgan fingerprint density at radius 1 is 0.929 bits per heavy atom. The first-order valence-corrected chi connectivity index (χ1v) is 14.8. The van der Waals surface area contributed by atoms with Crippen LogP contribution in [0.1, 0.15) is 30.3 Å². The van der Waals surface area contributed by atoms with E-state index in [2.05, 4.69) is 4.90 Å². The van der Waals surface area contributed by atoms with Gasteiger partial charge in [-0.2, -0.15) is 0 Å². The molecule has 0 radical (unpaired) electrons. The molecule has 4 amide bonds. The Morgan fingerprint density at radius 2 is 1.62 bits per heavy atom. The highest BCUT2D eigenvalue weighted by Crippen LogP contribution is 2.65. The molecule has 3 saturated heterocycles. The number of anilines is 2. The summed E-state index contributed by atoms with van der Waals surface area (Å²) in [6.45, 7) is 2.43. The van der Waals surface area contributed by atoms with E-state index in [0.717, 1.165) is 23.7 Å². The highest BCUT2D eigenvalue weighted by Gasteiger charge is 2.76. The van der Waals surface area contributed by atoms with Crippen molar-refractivity contribution in [1.29, 1.82) is 0 Å². The van der Waals surface area contributed by atoms with Crippen molar-refractivity contribution in [1.82, 2.24) is 4.90 Å². The fourth-order valence-corrected chi connectivity index (χ4v) is 8.58. The molecule has 7 rings (SSSR count). The third kappa shape index (κ3) is 3.58. The van der Waals surface area contributed by atoms with Gasteiger partial charge in [0.2, 0.25) is 11.8 Å². The van der Waals surface area contributed by atoms with Crippen LogP contribution in [0.25, 0.3) is 0 Å². The van der Waals surface area contributed by atoms with Crippen LogP contribution >= 0.6 is 23.2 Å². The van der Waals surface area contributed by atoms with Gasteiger partial charge in [-0.25, -0.2) is 0 Å². The number of rotatable bonds is 4. The normalized spacial score (nSPS) is 34.5. The van der Waals surface area contributed by atoms with Crippen LogP contribution in [0, 0.1) is 17.8 Å². The van der Waals surface area contributed by atoms with Crippen LogP contribution in [-0.4, -0.2) is 76.7 Å². The van der Waals surface area contributed by atoms with Gasteiger partial charge in [0.25, 0.3) is 11.8 Å². The van der Waals surface area contributed by atoms with Crippen LogP contribution in [0.4, 0.5) is 11.4 Å². The average molecular weight is 614 g/mol. The van der Waals surface area contributed by atoms with E-state index < -0.39 is 45.2 Å². The van der Waals surface area contributed by atoms with Gasteiger partial charge in [-0.1, -0.05) is 11.6 Å². The number of hydrogen-bond acceptors (Lipinski definition) is 8. The Bertz CT molecular complexity index is 1530. The summed E-state index contributed by atoms with van der Waals surface area (Å²) in [4.78, 5) is 55.5. The summed E-state index contributed by atoms with van der Waals surface area (Å²) in [5.74, 6) is -4.55. The number of hydrogen-bond donors (Lipinski definition) is 1. The van der Waals surface area contributed by atoms with Crippen LogP contribution in [0.3, 0.4) is 0 Å². The molecule has 1 aromatic carbocycles. The molecule has 6 atom stereocenters. The van der Waals surface area contributed by atoms with Gasteiger partial charge in [0.15, 0.2) is 9.75 Å². The molecule has 0 bridgehead atoms. The minimum Gasteiger partial charge on any atom is -0.463 e. The van der Waals surface area contributed by atoms with E-state index in [1.807, 2.05) is 18.2 Å². The van der Waals surface area contributed by atoms with Crippen molar-refractivity contribution in [2.75, 3.05) is 43.2 Å². The van der Waals surface area contributed by atoms with Crippen molar-refractivity contribution in [2.24, 2.45) is 17.8 Å². The van der Waals surface area contributed by atoms with Crippen molar-refractivity contribution in [3.8, 4) is 0 Å². The largest absolute Gasteiger partial charge is 0.463 e. The summed E-state index contributed by atoms with van der Waals surface area (Å²) in [7, 11) is 1.34. The molecule has 12 heteroatoms. The molecule has 1 saturated carbocycles. The summed E-state index contributed by atoms with van der Waals surface area (Å²) in [5.41, 5.74) is 2.10. The Balaban J connectivity index is 1.27. The molecule has 5 aliphatic rings. The van der Waals surface area contributed by atoms with Crippen molar-refractivity contribution in [2.45, 2.75) is 35.1 Å². The van der Waals surface area contributed by atoms with E-state index in [1.165, 1.54) is 11.9 Å². The van der Waals surface area contributed by atoms with Gasteiger partial charge in [0.1, 0.15) is 18.1 Å². The van der Waals surface area contributed by atoms with Crippen LogP contribution < -0.4 is 9.80 Å². The number of ether oxygens (including phenoxy) is 1. The topological polar surface area (TPSA) is 121 Å². The van der Waals surface area contributed by atoms with Gasteiger partial charge >= 0.3 is 0 Å². The lowest BCUT2D eigenvalue weighted by Gasteiger charge is -2.49. The maximum absolute atomic E-state index is 14.1. The second kappa shape index (κ2) is 9.67. The summed E-state index contributed by atoms with van der Waals surface area (Å²) < 4.78 is 11.3. The number of aliphatic hydroxyl groups is 1. The molecule has 2 aromatic rings. The maximum atomic E-state index is 14.1. The molecule has 42 heavy (non-hydrogen) atoms. The third-order valence-electron chi connectivity index (χ3n) is 9.62. The SMILES string of the molecule is CN1C(=O)[C@]2(Cl)C[C@@H]3C(=CC[C@@H]4C(=O)N(c5ccc(N6CCOCC6)cc5)C(=O)[C@@H]43)[C@H](c3ccc(CO)o3)[C@]2(Cl)C1=O. The number of likely N-dealkylation sites (tertiary alicyclic amines) is 1. The number of allylic oxidation sites excluding steroid dienone is 2. The predicted octanol–water partition coefficient (Wildman–Crippen LogP) is 2.80. The Kier molecular flexibility index (Phi) is 6.36. The van der Waals surface area contributed by atoms with Crippen molar-refractivity contribution >= 4 is 58.2 Å². The molecule has 10 nitrogen and oxygen atoms in total. The zero-order chi connectivity index (χ0) is 29.6. The molecule has 1 aromatic heterocycles. The second-order valence-electron chi connectivity index (χ2n) is 11.6. The Hall–Kier alpha value is -3.18. The molecule has 220 valence electrons. The minimum absolute atomic E-state index is 0.0904. The number of aliphatic hydroxyl groups excluding tert-OH is 1. The molecular formula is C30H29Cl2N3O7. The third-order valence-corrected chi connectivity index (χ3v) is 11.0. The smallest absolute Gasteiger partial charge is 0.253 e.